The molecular formula is C8H13O2. The van der Waals surface area contributed by atoms with Crippen LogP contribution in [0.4, 0.5) is 0 Å². The molecule has 0 aliphatic carbocycles. The van der Waals surface area contributed by atoms with Crippen molar-refractivity contribution in [1.29, 1.82) is 0 Å². The summed E-state index contributed by atoms with van der Waals surface area (Å²) >= 11 is 0. The Labute approximate surface area is 61.9 Å². The Hall–Kier alpha value is -0.790. The van der Waals surface area contributed by atoms with Crippen molar-refractivity contribution in [3.63, 3.8) is 0 Å². The number of hydrogen-bond acceptors (Lipinski definition) is 2. The molecule has 2 nitrogen and oxygen atoms in total. The summed E-state index contributed by atoms with van der Waals surface area (Å²) in [5.74, 6) is -0.268. The quantitative estimate of drug-likeness (QED) is 0.338. The van der Waals surface area contributed by atoms with E-state index in [0.29, 0.717) is 6.61 Å². The fourth-order valence-corrected chi connectivity index (χ4v) is 0.459. The topological polar surface area (TPSA) is 26.3 Å². The molecular weight excluding hydrogens is 128 g/mol. The molecule has 0 bridgehead atoms. The summed E-state index contributed by atoms with van der Waals surface area (Å²) in [5.41, 5.74) is 0. The van der Waals surface area contributed by atoms with Gasteiger partial charge in [-0.1, -0.05) is 19.4 Å². The second-order valence-electron chi connectivity index (χ2n) is 1.87. The van der Waals surface area contributed by atoms with Crippen LogP contribution in [0.1, 0.15) is 19.8 Å². The van der Waals surface area contributed by atoms with Gasteiger partial charge in [0.2, 0.25) is 0 Å². The van der Waals surface area contributed by atoms with Gasteiger partial charge < -0.3 is 4.74 Å². The summed E-state index contributed by atoms with van der Waals surface area (Å²) in [4.78, 5) is 10.6. The number of unbranched alkanes of at least 4 members (excludes halogenated alkanes) is 1. The van der Waals surface area contributed by atoms with Gasteiger partial charge in [-0.2, -0.15) is 0 Å². The highest BCUT2D eigenvalue weighted by Gasteiger charge is 1.92. The van der Waals surface area contributed by atoms with Crippen LogP contribution in [0.15, 0.2) is 12.2 Å². The molecule has 2 heteroatoms. The van der Waals surface area contributed by atoms with Gasteiger partial charge in [-0.15, -0.1) is 0 Å². The van der Waals surface area contributed by atoms with Crippen molar-refractivity contribution in [2.24, 2.45) is 0 Å². The minimum absolute atomic E-state index is 0.268. The SMILES string of the molecule is [CH2]CCCOC(=O)/C=C/C. The summed E-state index contributed by atoms with van der Waals surface area (Å²) in [6.45, 7) is 5.88. The van der Waals surface area contributed by atoms with Crippen LogP contribution in [0, 0.1) is 6.92 Å². The molecule has 0 amide bonds. The zero-order chi connectivity index (χ0) is 7.82. The van der Waals surface area contributed by atoms with Crippen LogP contribution in [0.5, 0.6) is 0 Å². The Kier molecular flexibility index (Phi) is 5.83. The van der Waals surface area contributed by atoms with Crippen molar-refractivity contribution in [3.05, 3.63) is 19.1 Å². The van der Waals surface area contributed by atoms with Gasteiger partial charge in [-0.25, -0.2) is 4.79 Å². The van der Waals surface area contributed by atoms with Crippen LogP contribution in [-0.4, -0.2) is 12.6 Å². The standard InChI is InChI=1S/C8H13O2/c1-3-5-7-10-8(9)6-4-2/h4,6H,1,3,5,7H2,2H3/b6-4+. The molecule has 0 unspecified atom stereocenters. The summed E-state index contributed by atoms with van der Waals surface area (Å²) < 4.78 is 4.76. The lowest BCUT2D eigenvalue weighted by Crippen LogP contribution is -2.01. The van der Waals surface area contributed by atoms with Crippen molar-refractivity contribution < 1.29 is 9.53 Å². The molecule has 0 aromatic rings. The maximum absolute atomic E-state index is 10.6. The van der Waals surface area contributed by atoms with E-state index < -0.39 is 0 Å². The predicted octanol–water partition coefficient (Wildman–Crippen LogP) is 1.72. The van der Waals surface area contributed by atoms with E-state index >= 15 is 0 Å². The van der Waals surface area contributed by atoms with Gasteiger partial charge in [0.25, 0.3) is 0 Å². The van der Waals surface area contributed by atoms with Crippen molar-refractivity contribution in [2.75, 3.05) is 6.61 Å². The van der Waals surface area contributed by atoms with Crippen molar-refractivity contribution in [2.45, 2.75) is 19.8 Å². The maximum atomic E-state index is 10.6. The van der Waals surface area contributed by atoms with Gasteiger partial charge in [0, 0.05) is 6.08 Å². The third kappa shape index (κ3) is 5.35. The normalized spacial score (nSPS) is 10.2. The van der Waals surface area contributed by atoms with E-state index in [-0.39, 0.29) is 5.97 Å². The number of carbonyl (C=O) groups excluding carboxylic acids is 1. The Morgan fingerprint density at radius 2 is 2.40 bits per heavy atom. The van der Waals surface area contributed by atoms with Crippen LogP contribution in [0.3, 0.4) is 0 Å². The van der Waals surface area contributed by atoms with Crippen molar-refractivity contribution in [3.8, 4) is 0 Å². The molecule has 0 saturated carbocycles. The lowest BCUT2D eigenvalue weighted by Gasteiger charge is -1.97. The largest absolute Gasteiger partial charge is 0.463 e. The molecule has 0 aliphatic rings. The molecule has 0 saturated heterocycles. The van der Waals surface area contributed by atoms with Gasteiger partial charge in [0.05, 0.1) is 6.61 Å². The summed E-state index contributed by atoms with van der Waals surface area (Å²) in [6, 6.07) is 0. The molecule has 57 valence electrons. The number of esters is 1. The third-order valence-electron chi connectivity index (χ3n) is 0.941. The van der Waals surface area contributed by atoms with E-state index in [4.69, 9.17) is 4.74 Å². The molecule has 0 aromatic heterocycles. The second kappa shape index (κ2) is 6.33. The summed E-state index contributed by atoms with van der Waals surface area (Å²) in [7, 11) is 0. The van der Waals surface area contributed by atoms with Gasteiger partial charge in [0.1, 0.15) is 0 Å². The minimum Gasteiger partial charge on any atom is -0.463 e. The molecule has 0 heterocycles. The van der Waals surface area contributed by atoms with Gasteiger partial charge >= 0.3 is 5.97 Å². The first-order valence-electron chi connectivity index (χ1n) is 3.40. The van der Waals surface area contributed by atoms with Crippen LogP contribution >= 0.6 is 0 Å². The molecule has 0 aromatic carbocycles. The van der Waals surface area contributed by atoms with Crippen LogP contribution in [0.25, 0.3) is 0 Å². The van der Waals surface area contributed by atoms with Crippen LogP contribution in [-0.2, 0) is 9.53 Å². The molecule has 0 fully saturated rings. The first kappa shape index (κ1) is 9.21. The number of carbonyl (C=O) groups is 1. The zero-order valence-electron chi connectivity index (χ0n) is 6.30. The van der Waals surface area contributed by atoms with Gasteiger partial charge in [0.15, 0.2) is 0 Å². The molecule has 0 spiro atoms. The van der Waals surface area contributed by atoms with Gasteiger partial charge in [-0.05, 0) is 13.3 Å². The highest BCUT2D eigenvalue weighted by molar-refractivity contribution is 5.81. The van der Waals surface area contributed by atoms with Crippen LogP contribution in [0.2, 0.25) is 0 Å². The summed E-state index contributed by atoms with van der Waals surface area (Å²) in [5, 5.41) is 0. The number of ether oxygens (including phenoxy) is 1. The zero-order valence-corrected chi connectivity index (χ0v) is 6.30. The van der Waals surface area contributed by atoms with Crippen molar-refractivity contribution in [1.82, 2.24) is 0 Å². The Balaban J connectivity index is 3.22. The lowest BCUT2D eigenvalue weighted by molar-refractivity contribution is -0.137. The summed E-state index contributed by atoms with van der Waals surface area (Å²) in [6.07, 6.45) is 4.71. The molecule has 0 aliphatic heterocycles. The highest BCUT2D eigenvalue weighted by atomic mass is 16.5. The van der Waals surface area contributed by atoms with Crippen molar-refractivity contribution >= 4 is 5.97 Å². The smallest absolute Gasteiger partial charge is 0.330 e. The Morgan fingerprint density at radius 1 is 1.70 bits per heavy atom. The molecule has 0 atom stereocenters. The highest BCUT2D eigenvalue weighted by Crippen LogP contribution is 1.88. The first-order valence-corrected chi connectivity index (χ1v) is 3.40. The number of allylic oxidation sites excluding steroid dienone is 1. The minimum atomic E-state index is -0.268. The number of rotatable bonds is 4. The monoisotopic (exact) mass is 141 g/mol. The fourth-order valence-electron chi connectivity index (χ4n) is 0.459. The lowest BCUT2D eigenvalue weighted by atomic mass is 10.4. The first-order chi connectivity index (χ1) is 4.81. The average molecular weight is 141 g/mol. The van der Waals surface area contributed by atoms with Gasteiger partial charge in [-0.3, -0.25) is 0 Å². The molecule has 0 N–H and O–H groups in total. The predicted molar refractivity (Wildman–Crippen MR) is 40.4 cm³/mol. The molecule has 1 radical (unpaired) electrons. The average Bonchev–Trinajstić information content (AvgIpc) is 1.89. The maximum Gasteiger partial charge on any atom is 0.330 e. The molecule has 0 rings (SSSR count). The second-order valence-corrected chi connectivity index (χ2v) is 1.87. The fraction of sp³-hybridized carbons (Fsp3) is 0.500. The Bertz CT molecular complexity index is 116. The van der Waals surface area contributed by atoms with E-state index in [2.05, 4.69) is 6.92 Å². The van der Waals surface area contributed by atoms with E-state index in [0.717, 1.165) is 12.8 Å². The van der Waals surface area contributed by atoms with E-state index in [1.165, 1.54) is 6.08 Å². The van der Waals surface area contributed by atoms with E-state index in [9.17, 15) is 4.79 Å². The van der Waals surface area contributed by atoms with Crippen LogP contribution < -0.4 is 0 Å². The Morgan fingerprint density at radius 3 is 2.90 bits per heavy atom. The third-order valence-corrected chi connectivity index (χ3v) is 0.941. The van der Waals surface area contributed by atoms with E-state index in [1.807, 2.05) is 0 Å². The molecule has 10 heavy (non-hydrogen) atoms. The van der Waals surface area contributed by atoms with E-state index in [1.54, 1.807) is 13.0 Å². The number of hydrogen-bond donors (Lipinski definition) is 0.